The molecule has 1 heterocycles. The van der Waals surface area contributed by atoms with Crippen LogP contribution >= 0.6 is 11.8 Å². The molecule has 2 rings (SSSR count). The number of thioether (sulfide) groups is 1. The lowest BCUT2D eigenvalue weighted by Crippen LogP contribution is -2.15. The fraction of sp³-hybridized carbons (Fsp3) is 0.188. The summed E-state index contributed by atoms with van der Waals surface area (Å²) in [5.41, 5.74) is 2.83. The first-order valence-electron chi connectivity index (χ1n) is 6.36. The molecule has 0 atom stereocenters. The first-order valence-corrected chi connectivity index (χ1v) is 7.35. The Hall–Kier alpha value is -2.19. The van der Waals surface area contributed by atoms with Gasteiger partial charge in [0.2, 0.25) is 0 Å². The van der Waals surface area contributed by atoms with E-state index in [1.165, 1.54) is 36.0 Å². The van der Waals surface area contributed by atoms with Gasteiger partial charge in [-0.15, -0.1) is 0 Å². The molecule has 0 saturated carbocycles. The number of hydrogen-bond donors (Lipinski definition) is 0. The number of benzene rings is 1. The number of Topliss-reactive ketones (excluding diaryl/α,β-unsaturated/α-hetero) is 1. The van der Waals surface area contributed by atoms with Crippen LogP contribution in [-0.4, -0.2) is 11.5 Å². The van der Waals surface area contributed by atoms with Crippen LogP contribution in [0.2, 0.25) is 0 Å². The number of carbonyl (C=O) groups is 1. The van der Waals surface area contributed by atoms with E-state index in [-0.39, 0.29) is 17.4 Å². The molecule has 0 aliphatic heterocycles. The number of carbonyl (C=O) groups excluding carboxylic acids is 1. The second-order valence-corrected chi connectivity index (χ2v) is 5.66. The molecule has 2 aromatic rings. The Morgan fingerprint density at radius 1 is 1.33 bits per heavy atom. The van der Waals surface area contributed by atoms with Gasteiger partial charge in [0.05, 0.1) is 5.75 Å². The minimum Gasteiger partial charge on any atom is -0.293 e. The van der Waals surface area contributed by atoms with Gasteiger partial charge in [-0.1, -0.05) is 0 Å². The summed E-state index contributed by atoms with van der Waals surface area (Å²) >= 11 is 1.29. The van der Waals surface area contributed by atoms with Gasteiger partial charge in [0.1, 0.15) is 17.4 Å². The zero-order valence-electron chi connectivity index (χ0n) is 11.7. The van der Waals surface area contributed by atoms with E-state index in [0.29, 0.717) is 16.2 Å². The molecule has 0 aliphatic rings. The molecule has 1 N–H and O–H groups in total. The van der Waals surface area contributed by atoms with Crippen LogP contribution in [0.1, 0.15) is 27.2 Å². The lowest BCUT2D eigenvalue weighted by Gasteiger charge is -2.02. The third kappa shape index (κ3) is 3.67. The third-order valence-electron chi connectivity index (χ3n) is 2.99. The van der Waals surface area contributed by atoms with Crippen molar-refractivity contribution in [3.63, 3.8) is 0 Å². The number of nitriles is 1. The molecule has 0 spiro atoms. The summed E-state index contributed by atoms with van der Waals surface area (Å²) < 4.78 is 12.8. The van der Waals surface area contributed by atoms with Gasteiger partial charge in [0.15, 0.2) is 11.5 Å². The smallest absolute Gasteiger partial charge is 0.257 e. The SMILES string of the molecule is Cc1cc(C)c(C#N)c(SCC(=O)c2ccc(F)cc2)[nH+]1. The second-order valence-electron chi connectivity index (χ2n) is 4.67. The molecule has 0 aliphatic carbocycles. The fourth-order valence-corrected chi connectivity index (χ4v) is 2.98. The third-order valence-corrected chi connectivity index (χ3v) is 3.99. The average Bonchev–Trinajstić information content (AvgIpc) is 2.45. The highest BCUT2D eigenvalue weighted by Gasteiger charge is 2.17. The molecule has 0 unspecified atom stereocenters. The maximum Gasteiger partial charge on any atom is 0.257 e. The summed E-state index contributed by atoms with van der Waals surface area (Å²) in [4.78, 5) is 15.2. The molecule has 5 heteroatoms. The standard InChI is InChI=1S/C16H13FN2OS/c1-10-7-11(2)19-16(14(10)8-18)21-9-15(20)12-3-5-13(17)6-4-12/h3-7H,9H2,1-2H3/p+1. The number of ketones is 1. The number of pyridine rings is 1. The maximum atomic E-state index is 12.8. The zero-order valence-corrected chi connectivity index (χ0v) is 12.6. The highest BCUT2D eigenvalue weighted by Crippen LogP contribution is 2.21. The van der Waals surface area contributed by atoms with Gasteiger partial charge >= 0.3 is 0 Å². The predicted octanol–water partition coefficient (Wildman–Crippen LogP) is 3.10. The number of halogens is 1. The number of aromatic amines is 1. The van der Waals surface area contributed by atoms with Crippen molar-refractivity contribution in [2.24, 2.45) is 0 Å². The van der Waals surface area contributed by atoms with Crippen molar-refractivity contribution in [3.05, 3.63) is 58.5 Å². The molecule has 1 aromatic heterocycles. The molecular weight excluding hydrogens is 287 g/mol. The quantitative estimate of drug-likeness (QED) is 0.644. The van der Waals surface area contributed by atoms with E-state index < -0.39 is 0 Å². The molecule has 0 saturated heterocycles. The van der Waals surface area contributed by atoms with Gasteiger partial charge in [-0.25, -0.2) is 9.37 Å². The van der Waals surface area contributed by atoms with Gasteiger partial charge in [-0.05, 0) is 48.5 Å². The topological polar surface area (TPSA) is 55.0 Å². The number of H-pyrrole nitrogens is 1. The van der Waals surface area contributed by atoms with Gasteiger partial charge in [-0.2, -0.15) is 5.26 Å². The first kappa shape index (κ1) is 15.2. The van der Waals surface area contributed by atoms with Crippen LogP contribution in [0, 0.1) is 31.0 Å². The minimum absolute atomic E-state index is 0.101. The summed E-state index contributed by atoms with van der Waals surface area (Å²) in [5.74, 6) is -0.273. The van der Waals surface area contributed by atoms with Crippen LogP contribution in [-0.2, 0) is 0 Å². The van der Waals surface area contributed by atoms with E-state index in [4.69, 9.17) is 0 Å². The number of aryl methyl sites for hydroxylation is 2. The predicted molar refractivity (Wildman–Crippen MR) is 78.6 cm³/mol. The summed E-state index contributed by atoms with van der Waals surface area (Å²) in [6, 6.07) is 9.51. The van der Waals surface area contributed by atoms with Crippen molar-refractivity contribution in [2.45, 2.75) is 18.9 Å². The Morgan fingerprint density at radius 3 is 2.62 bits per heavy atom. The van der Waals surface area contributed by atoms with Gasteiger partial charge in [0, 0.05) is 18.6 Å². The molecule has 21 heavy (non-hydrogen) atoms. The van der Waals surface area contributed by atoms with E-state index in [9.17, 15) is 14.4 Å². The summed E-state index contributed by atoms with van der Waals surface area (Å²) in [5, 5.41) is 9.88. The van der Waals surface area contributed by atoms with E-state index in [1.54, 1.807) is 0 Å². The fourth-order valence-electron chi connectivity index (χ4n) is 1.96. The van der Waals surface area contributed by atoms with Crippen molar-refractivity contribution in [1.82, 2.24) is 0 Å². The van der Waals surface area contributed by atoms with Crippen LogP contribution in [0.5, 0.6) is 0 Å². The van der Waals surface area contributed by atoms with E-state index in [2.05, 4.69) is 11.1 Å². The molecule has 0 radical (unpaired) electrons. The molecule has 0 bridgehead atoms. The van der Waals surface area contributed by atoms with Crippen molar-refractivity contribution in [1.29, 1.82) is 5.26 Å². The van der Waals surface area contributed by atoms with Crippen LogP contribution in [0.4, 0.5) is 4.39 Å². The lowest BCUT2D eigenvalue weighted by molar-refractivity contribution is -0.435. The summed E-state index contributed by atoms with van der Waals surface area (Å²) in [6.45, 7) is 3.77. The Balaban J connectivity index is 2.15. The van der Waals surface area contributed by atoms with Crippen LogP contribution in [0.15, 0.2) is 35.4 Å². The van der Waals surface area contributed by atoms with Crippen molar-refractivity contribution >= 4 is 17.5 Å². The van der Waals surface area contributed by atoms with Crippen LogP contribution in [0.25, 0.3) is 0 Å². The average molecular weight is 301 g/mol. The van der Waals surface area contributed by atoms with E-state index in [1.807, 2.05) is 19.9 Å². The van der Waals surface area contributed by atoms with Crippen LogP contribution < -0.4 is 4.98 Å². The Labute approximate surface area is 126 Å². The number of nitrogens with zero attached hydrogens (tertiary/aromatic N) is 1. The molecular formula is C16H14FN2OS+. The normalized spacial score (nSPS) is 10.2. The van der Waals surface area contributed by atoms with Crippen LogP contribution in [0.3, 0.4) is 0 Å². The highest BCUT2D eigenvalue weighted by molar-refractivity contribution is 7.99. The highest BCUT2D eigenvalue weighted by atomic mass is 32.2. The maximum absolute atomic E-state index is 12.8. The Kier molecular flexibility index (Phi) is 4.71. The molecule has 0 amide bonds. The number of hydrogen-bond acceptors (Lipinski definition) is 3. The van der Waals surface area contributed by atoms with Gasteiger partial charge in [-0.3, -0.25) is 4.79 Å². The number of nitrogens with one attached hydrogen (secondary N) is 1. The molecule has 106 valence electrons. The summed E-state index contributed by atoms with van der Waals surface area (Å²) in [7, 11) is 0. The largest absolute Gasteiger partial charge is 0.293 e. The van der Waals surface area contributed by atoms with Crippen molar-refractivity contribution < 1.29 is 14.2 Å². The number of aromatic nitrogens is 1. The van der Waals surface area contributed by atoms with Gasteiger partial charge < -0.3 is 0 Å². The van der Waals surface area contributed by atoms with E-state index in [0.717, 1.165) is 11.3 Å². The molecule has 1 aromatic carbocycles. The Morgan fingerprint density at radius 2 is 2.00 bits per heavy atom. The summed E-state index contributed by atoms with van der Waals surface area (Å²) in [6.07, 6.45) is 0. The monoisotopic (exact) mass is 301 g/mol. The van der Waals surface area contributed by atoms with Crippen molar-refractivity contribution in [2.75, 3.05) is 5.75 Å². The molecule has 0 fully saturated rings. The second kappa shape index (κ2) is 6.51. The zero-order chi connectivity index (χ0) is 15.4. The molecule has 3 nitrogen and oxygen atoms in total. The lowest BCUT2D eigenvalue weighted by atomic mass is 10.1. The van der Waals surface area contributed by atoms with Gasteiger partial charge in [0.25, 0.3) is 5.03 Å². The van der Waals surface area contributed by atoms with Crippen molar-refractivity contribution in [3.8, 4) is 6.07 Å². The minimum atomic E-state index is -0.367. The Bertz CT molecular complexity index is 720. The number of rotatable bonds is 4. The van der Waals surface area contributed by atoms with E-state index >= 15 is 0 Å². The first-order chi connectivity index (χ1) is 10.0.